The summed E-state index contributed by atoms with van der Waals surface area (Å²) in [7, 11) is 0. The molecule has 106 valence electrons. The van der Waals surface area contributed by atoms with E-state index in [2.05, 4.69) is 4.98 Å². The summed E-state index contributed by atoms with van der Waals surface area (Å²) in [6, 6.07) is 9.02. The third-order valence-corrected chi connectivity index (χ3v) is 2.44. The van der Waals surface area contributed by atoms with E-state index in [0.717, 1.165) is 0 Å². The summed E-state index contributed by atoms with van der Waals surface area (Å²) in [6.07, 6.45) is 2.78. The molecular weight excluding hydrogens is 274 g/mol. The molecule has 1 aromatic carbocycles. The molecule has 0 atom stereocenters. The summed E-state index contributed by atoms with van der Waals surface area (Å²) < 4.78 is 9.63. The number of nitrogens with zero attached hydrogens (tertiary/aromatic N) is 1. The number of para-hydroxylation sites is 1. The lowest BCUT2D eigenvalue weighted by molar-refractivity contribution is -0.131. The minimum absolute atomic E-state index is 0.00931. The molecule has 0 N–H and O–H groups in total. The van der Waals surface area contributed by atoms with Crippen molar-refractivity contribution in [2.75, 3.05) is 0 Å². The summed E-state index contributed by atoms with van der Waals surface area (Å²) in [4.78, 5) is 38.5. The molecule has 0 spiro atoms. The lowest BCUT2D eigenvalue weighted by Gasteiger charge is -2.07. The molecular formula is C15H11NO5. The maximum Gasteiger partial charge on any atom is 0.349 e. The number of esters is 3. The number of hydrogen-bond acceptors (Lipinski definition) is 6. The molecule has 2 rings (SSSR count). The number of carbonyl (C=O) groups is 3. The molecule has 1 heterocycles. The van der Waals surface area contributed by atoms with E-state index in [-0.39, 0.29) is 16.9 Å². The number of pyridine rings is 1. The van der Waals surface area contributed by atoms with Gasteiger partial charge in [0.2, 0.25) is 0 Å². The number of hydrogen-bond donors (Lipinski definition) is 0. The average Bonchev–Trinajstić information content (AvgIpc) is 2.48. The molecule has 0 fully saturated rings. The van der Waals surface area contributed by atoms with Gasteiger partial charge >= 0.3 is 17.9 Å². The van der Waals surface area contributed by atoms with Crippen molar-refractivity contribution in [3.8, 4) is 5.75 Å². The van der Waals surface area contributed by atoms with E-state index in [4.69, 9.17) is 9.47 Å². The van der Waals surface area contributed by atoms with E-state index in [1.165, 1.54) is 37.5 Å². The van der Waals surface area contributed by atoms with Crippen molar-refractivity contribution in [1.29, 1.82) is 0 Å². The van der Waals surface area contributed by atoms with E-state index in [9.17, 15) is 14.4 Å². The number of aromatic nitrogens is 1. The molecule has 21 heavy (non-hydrogen) atoms. The first kappa shape index (κ1) is 14.4. The fourth-order valence-electron chi connectivity index (χ4n) is 1.56. The molecule has 0 radical (unpaired) electrons. The van der Waals surface area contributed by atoms with Gasteiger partial charge in [0, 0.05) is 19.3 Å². The monoisotopic (exact) mass is 285 g/mol. The Bertz CT molecular complexity index is 681. The first-order valence-electron chi connectivity index (χ1n) is 6.02. The Morgan fingerprint density at radius 2 is 1.76 bits per heavy atom. The second kappa shape index (κ2) is 6.42. The zero-order chi connectivity index (χ0) is 15.2. The molecule has 0 amide bonds. The highest BCUT2D eigenvalue weighted by molar-refractivity contribution is 6.03. The maximum absolute atomic E-state index is 12.0. The third-order valence-electron chi connectivity index (χ3n) is 2.44. The van der Waals surface area contributed by atoms with Crippen molar-refractivity contribution in [2.45, 2.75) is 6.92 Å². The van der Waals surface area contributed by atoms with Crippen molar-refractivity contribution < 1.29 is 23.9 Å². The van der Waals surface area contributed by atoms with Crippen molar-refractivity contribution in [1.82, 2.24) is 4.98 Å². The van der Waals surface area contributed by atoms with Gasteiger partial charge in [0.25, 0.3) is 0 Å². The molecule has 2 aromatic rings. The highest BCUT2D eigenvalue weighted by Gasteiger charge is 2.19. The van der Waals surface area contributed by atoms with E-state index in [1.54, 1.807) is 18.2 Å². The summed E-state index contributed by atoms with van der Waals surface area (Å²) in [5.74, 6) is -2.27. The van der Waals surface area contributed by atoms with Crippen LogP contribution in [0.3, 0.4) is 0 Å². The summed E-state index contributed by atoms with van der Waals surface area (Å²) >= 11 is 0. The Hall–Kier alpha value is -3.02. The Kier molecular flexibility index (Phi) is 4.40. The van der Waals surface area contributed by atoms with Crippen LogP contribution in [0.4, 0.5) is 0 Å². The van der Waals surface area contributed by atoms with Crippen LogP contribution in [-0.2, 0) is 9.53 Å². The van der Waals surface area contributed by atoms with Crippen LogP contribution < -0.4 is 4.74 Å². The second-order valence-corrected chi connectivity index (χ2v) is 4.01. The van der Waals surface area contributed by atoms with Crippen LogP contribution in [0.25, 0.3) is 0 Å². The summed E-state index contributed by atoms with van der Waals surface area (Å²) in [6.45, 7) is 1.21. The number of rotatable bonds is 3. The predicted octanol–water partition coefficient (Wildman–Crippen LogP) is 2.00. The molecule has 6 nitrogen and oxygen atoms in total. The fourth-order valence-corrected chi connectivity index (χ4v) is 1.56. The molecule has 0 unspecified atom stereocenters. The van der Waals surface area contributed by atoms with E-state index in [0.29, 0.717) is 0 Å². The van der Waals surface area contributed by atoms with Gasteiger partial charge in [0.1, 0.15) is 11.3 Å². The van der Waals surface area contributed by atoms with E-state index in [1.807, 2.05) is 0 Å². The minimum atomic E-state index is -0.902. The van der Waals surface area contributed by atoms with Crippen molar-refractivity contribution >= 4 is 17.9 Å². The standard InChI is InChI=1S/C15H11NO5/c1-10(17)20-13-7-3-2-6-12(13)15(19)21-14(18)11-5-4-8-16-9-11/h2-9H,1H3. The van der Waals surface area contributed by atoms with Gasteiger partial charge in [-0.05, 0) is 24.3 Å². The number of benzene rings is 1. The van der Waals surface area contributed by atoms with Gasteiger partial charge in [0.05, 0.1) is 5.56 Å². The molecule has 0 aliphatic heterocycles. The van der Waals surface area contributed by atoms with E-state index < -0.39 is 17.9 Å². The molecule has 0 aliphatic carbocycles. The summed E-state index contributed by atoms with van der Waals surface area (Å²) in [5, 5.41) is 0. The van der Waals surface area contributed by atoms with Gasteiger partial charge in [-0.1, -0.05) is 12.1 Å². The predicted molar refractivity (Wildman–Crippen MR) is 71.7 cm³/mol. The van der Waals surface area contributed by atoms with Crippen LogP contribution >= 0.6 is 0 Å². The molecule has 6 heteroatoms. The van der Waals surface area contributed by atoms with Gasteiger partial charge in [0.15, 0.2) is 0 Å². The largest absolute Gasteiger partial charge is 0.426 e. The normalized spacial score (nSPS) is 9.76. The van der Waals surface area contributed by atoms with Crippen LogP contribution in [0, 0.1) is 0 Å². The lowest BCUT2D eigenvalue weighted by Crippen LogP contribution is -2.15. The first-order valence-corrected chi connectivity index (χ1v) is 6.02. The SMILES string of the molecule is CC(=O)Oc1ccccc1C(=O)OC(=O)c1cccnc1. The Morgan fingerprint density at radius 1 is 1.00 bits per heavy atom. The van der Waals surface area contributed by atoms with Crippen molar-refractivity contribution in [3.63, 3.8) is 0 Å². The van der Waals surface area contributed by atoms with Gasteiger partial charge in [-0.25, -0.2) is 9.59 Å². The smallest absolute Gasteiger partial charge is 0.349 e. The van der Waals surface area contributed by atoms with Crippen LogP contribution in [-0.4, -0.2) is 22.9 Å². The van der Waals surface area contributed by atoms with Crippen LogP contribution in [0.15, 0.2) is 48.8 Å². The van der Waals surface area contributed by atoms with Crippen LogP contribution in [0.5, 0.6) is 5.75 Å². The minimum Gasteiger partial charge on any atom is -0.426 e. The van der Waals surface area contributed by atoms with Gasteiger partial charge < -0.3 is 9.47 Å². The van der Waals surface area contributed by atoms with Crippen molar-refractivity contribution in [2.24, 2.45) is 0 Å². The summed E-state index contributed by atoms with van der Waals surface area (Å²) in [5.41, 5.74) is 0.140. The number of ether oxygens (including phenoxy) is 2. The molecule has 0 saturated carbocycles. The first-order chi connectivity index (χ1) is 10.1. The van der Waals surface area contributed by atoms with Gasteiger partial charge in [-0.3, -0.25) is 9.78 Å². The molecule has 0 bridgehead atoms. The topological polar surface area (TPSA) is 82.6 Å². The molecule has 0 aliphatic rings. The third kappa shape index (κ3) is 3.73. The average molecular weight is 285 g/mol. The quantitative estimate of drug-likeness (QED) is 0.487. The van der Waals surface area contributed by atoms with Crippen molar-refractivity contribution in [3.05, 3.63) is 59.9 Å². The second-order valence-electron chi connectivity index (χ2n) is 4.01. The zero-order valence-corrected chi connectivity index (χ0v) is 11.1. The maximum atomic E-state index is 12.0. The zero-order valence-electron chi connectivity index (χ0n) is 11.1. The fraction of sp³-hybridized carbons (Fsp3) is 0.0667. The van der Waals surface area contributed by atoms with Crippen LogP contribution in [0.2, 0.25) is 0 Å². The van der Waals surface area contributed by atoms with E-state index >= 15 is 0 Å². The van der Waals surface area contributed by atoms with Crippen LogP contribution in [0.1, 0.15) is 27.6 Å². The highest BCUT2D eigenvalue weighted by atomic mass is 16.6. The molecule has 0 saturated heterocycles. The Labute approximate surface area is 120 Å². The van der Waals surface area contributed by atoms with Gasteiger partial charge in [-0.15, -0.1) is 0 Å². The lowest BCUT2D eigenvalue weighted by atomic mass is 10.2. The number of carbonyl (C=O) groups excluding carboxylic acids is 3. The Morgan fingerprint density at radius 3 is 2.43 bits per heavy atom. The Balaban J connectivity index is 2.17. The highest BCUT2D eigenvalue weighted by Crippen LogP contribution is 2.19. The molecule has 1 aromatic heterocycles. The van der Waals surface area contributed by atoms with Gasteiger partial charge in [-0.2, -0.15) is 0 Å².